The molecule has 1 atom stereocenters. The van der Waals surface area contributed by atoms with Gasteiger partial charge in [0.05, 0.1) is 5.75 Å². The smallest absolute Gasteiger partial charge is 0.0502 e. The SMILES string of the molecule is CC[S@@](=O)CC1=C(C)NC=CC=C1. The molecular weight excluding hydrogens is 182 g/mol. The zero-order chi connectivity index (χ0) is 9.68. The molecule has 0 aromatic rings. The number of rotatable bonds is 3. The molecule has 0 aromatic carbocycles. The summed E-state index contributed by atoms with van der Waals surface area (Å²) in [5.74, 6) is 1.37. The van der Waals surface area contributed by atoms with Crippen LogP contribution in [0.3, 0.4) is 0 Å². The van der Waals surface area contributed by atoms with Gasteiger partial charge in [-0.05, 0) is 18.6 Å². The van der Waals surface area contributed by atoms with E-state index in [9.17, 15) is 4.21 Å². The van der Waals surface area contributed by atoms with Gasteiger partial charge >= 0.3 is 0 Å². The summed E-state index contributed by atoms with van der Waals surface area (Å²) >= 11 is 0. The van der Waals surface area contributed by atoms with E-state index in [-0.39, 0.29) is 0 Å². The first-order chi connectivity index (χ1) is 6.24. The van der Waals surface area contributed by atoms with E-state index < -0.39 is 10.8 Å². The van der Waals surface area contributed by atoms with E-state index in [4.69, 9.17) is 0 Å². The lowest BCUT2D eigenvalue weighted by atomic mass is 10.2. The summed E-state index contributed by atoms with van der Waals surface area (Å²) in [5.41, 5.74) is 2.22. The molecule has 1 aliphatic rings. The molecule has 0 amide bonds. The number of hydrogen-bond acceptors (Lipinski definition) is 2. The van der Waals surface area contributed by atoms with Crippen molar-refractivity contribution in [1.29, 1.82) is 0 Å². The van der Waals surface area contributed by atoms with Crippen molar-refractivity contribution in [3.63, 3.8) is 0 Å². The number of hydrogen-bond donors (Lipinski definition) is 1. The van der Waals surface area contributed by atoms with Crippen molar-refractivity contribution in [2.75, 3.05) is 11.5 Å². The van der Waals surface area contributed by atoms with Gasteiger partial charge in [0.1, 0.15) is 0 Å². The van der Waals surface area contributed by atoms with Crippen molar-refractivity contribution in [3.05, 3.63) is 35.7 Å². The van der Waals surface area contributed by atoms with E-state index in [0.717, 1.165) is 17.0 Å². The van der Waals surface area contributed by atoms with Gasteiger partial charge in [0.15, 0.2) is 0 Å². The average Bonchev–Trinajstić information content (AvgIpc) is 2.32. The highest BCUT2D eigenvalue weighted by Crippen LogP contribution is 2.08. The molecule has 0 unspecified atom stereocenters. The second-order valence-electron chi connectivity index (χ2n) is 2.89. The van der Waals surface area contributed by atoms with Gasteiger partial charge in [-0.1, -0.05) is 19.1 Å². The Morgan fingerprint density at radius 1 is 1.46 bits per heavy atom. The first-order valence-corrected chi connectivity index (χ1v) is 5.87. The maximum absolute atomic E-state index is 11.3. The molecule has 0 aliphatic carbocycles. The third-order valence-corrected chi connectivity index (χ3v) is 3.20. The van der Waals surface area contributed by atoms with E-state index in [2.05, 4.69) is 5.32 Å². The minimum Gasteiger partial charge on any atom is -0.365 e. The van der Waals surface area contributed by atoms with Gasteiger partial charge in [-0.25, -0.2) is 0 Å². The standard InChI is InChI=1S/C10H15NOS/c1-3-13(12)8-10-6-4-5-7-11-9(10)2/h4-7,11H,3,8H2,1-2H3/t13-/m1/s1. The van der Waals surface area contributed by atoms with Crippen LogP contribution in [-0.2, 0) is 10.8 Å². The van der Waals surface area contributed by atoms with E-state index in [0.29, 0.717) is 5.75 Å². The lowest BCUT2D eigenvalue weighted by molar-refractivity contribution is 0.685. The molecule has 3 heteroatoms. The van der Waals surface area contributed by atoms with Crippen LogP contribution in [-0.4, -0.2) is 15.7 Å². The van der Waals surface area contributed by atoms with Crippen LogP contribution in [0.2, 0.25) is 0 Å². The van der Waals surface area contributed by atoms with Crippen LogP contribution in [0.25, 0.3) is 0 Å². The Hall–Kier alpha value is -0.830. The molecule has 72 valence electrons. The van der Waals surface area contributed by atoms with Gasteiger partial charge in [-0.15, -0.1) is 0 Å². The molecule has 1 aliphatic heterocycles. The monoisotopic (exact) mass is 197 g/mol. The van der Waals surface area contributed by atoms with Crippen LogP contribution in [0.4, 0.5) is 0 Å². The van der Waals surface area contributed by atoms with E-state index >= 15 is 0 Å². The van der Waals surface area contributed by atoms with Crippen molar-refractivity contribution >= 4 is 10.8 Å². The summed E-state index contributed by atoms with van der Waals surface area (Å²) in [6.45, 7) is 3.94. The fraction of sp³-hybridized carbons (Fsp3) is 0.400. The maximum Gasteiger partial charge on any atom is 0.0502 e. The van der Waals surface area contributed by atoms with Crippen molar-refractivity contribution < 1.29 is 4.21 Å². The highest BCUT2D eigenvalue weighted by Gasteiger charge is 2.03. The summed E-state index contributed by atoms with van der Waals surface area (Å²) in [4.78, 5) is 0. The Morgan fingerprint density at radius 3 is 2.92 bits per heavy atom. The summed E-state index contributed by atoms with van der Waals surface area (Å²) < 4.78 is 11.3. The fourth-order valence-corrected chi connectivity index (χ4v) is 1.91. The topological polar surface area (TPSA) is 29.1 Å². The normalized spacial score (nSPS) is 18.3. The molecule has 0 saturated heterocycles. The van der Waals surface area contributed by atoms with Crippen LogP contribution in [0.15, 0.2) is 35.7 Å². The first-order valence-electron chi connectivity index (χ1n) is 4.38. The second kappa shape index (κ2) is 5.02. The Labute approximate surface area is 81.9 Å². The molecule has 1 heterocycles. The largest absolute Gasteiger partial charge is 0.365 e. The molecule has 0 fully saturated rings. The molecule has 2 nitrogen and oxygen atoms in total. The first kappa shape index (κ1) is 10.3. The zero-order valence-corrected chi connectivity index (χ0v) is 8.86. The molecule has 0 bridgehead atoms. The van der Waals surface area contributed by atoms with Crippen molar-refractivity contribution in [1.82, 2.24) is 5.32 Å². The van der Waals surface area contributed by atoms with Gasteiger partial charge in [0, 0.05) is 28.4 Å². The fourth-order valence-electron chi connectivity index (χ4n) is 1.05. The van der Waals surface area contributed by atoms with Gasteiger partial charge < -0.3 is 5.32 Å². The summed E-state index contributed by atoms with van der Waals surface area (Å²) in [6.07, 6.45) is 7.80. The number of nitrogens with one attached hydrogen (secondary N) is 1. The molecule has 1 N–H and O–H groups in total. The molecular formula is C10H15NOS. The van der Waals surface area contributed by atoms with Gasteiger partial charge in [0.25, 0.3) is 0 Å². The maximum atomic E-state index is 11.3. The highest BCUT2D eigenvalue weighted by molar-refractivity contribution is 7.85. The van der Waals surface area contributed by atoms with Crippen LogP contribution < -0.4 is 5.32 Å². The minimum atomic E-state index is -0.730. The molecule has 0 saturated carbocycles. The second-order valence-corrected chi connectivity index (χ2v) is 4.63. The average molecular weight is 197 g/mol. The Balaban J connectivity index is 2.71. The van der Waals surface area contributed by atoms with Crippen molar-refractivity contribution in [3.8, 4) is 0 Å². The van der Waals surface area contributed by atoms with Crippen LogP contribution >= 0.6 is 0 Å². The van der Waals surface area contributed by atoms with Gasteiger partial charge in [-0.3, -0.25) is 4.21 Å². The van der Waals surface area contributed by atoms with Crippen LogP contribution in [0.1, 0.15) is 13.8 Å². The van der Waals surface area contributed by atoms with Crippen molar-refractivity contribution in [2.45, 2.75) is 13.8 Å². The van der Waals surface area contributed by atoms with Gasteiger partial charge in [0.2, 0.25) is 0 Å². The summed E-state index contributed by atoms with van der Waals surface area (Å²) in [6, 6.07) is 0. The summed E-state index contributed by atoms with van der Waals surface area (Å²) in [5, 5.41) is 3.13. The Morgan fingerprint density at radius 2 is 2.23 bits per heavy atom. The minimum absolute atomic E-state index is 0.646. The van der Waals surface area contributed by atoms with E-state index in [1.807, 2.05) is 38.3 Å². The third-order valence-electron chi connectivity index (χ3n) is 1.92. The lowest BCUT2D eigenvalue weighted by Gasteiger charge is -2.06. The molecule has 13 heavy (non-hydrogen) atoms. The highest BCUT2D eigenvalue weighted by atomic mass is 32.2. The van der Waals surface area contributed by atoms with E-state index in [1.165, 1.54) is 0 Å². The van der Waals surface area contributed by atoms with Gasteiger partial charge in [-0.2, -0.15) is 0 Å². The molecule has 0 aromatic heterocycles. The predicted molar refractivity (Wildman–Crippen MR) is 57.7 cm³/mol. The zero-order valence-electron chi connectivity index (χ0n) is 8.04. The van der Waals surface area contributed by atoms with Crippen LogP contribution in [0.5, 0.6) is 0 Å². The van der Waals surface area contributed by atoms with Crippen LogP contribution in [0, 0.1) is 0 Å². The molecule has 1 rings (SSSR count). The summed E-state index contributed by atoms with van der Waals surface area (Å²) in [7, 11) is -0.730. The Bertz CT molecular complexity index is 289. The lowest BCUT2D eigenvalue weighted by Crippen LogP contribution is -2.09. The van der Waals surface area contributed by atoms with E-state index in [1.54, 1.807) is 0 Å². The quantitative estimate of drug-likeness (QED) is 0.746. The molecule has 0 radical (unpaired) electrons. The molecule has 0 spiro atoms. The van der Waals surface area contributed by atoms with Crippen molar-refractivity contribution in [2.24, 2.45) is 0 Å². The third kappa shape index (κ3) is 3.19. The Kier molecular flexibility index (Phi) is 3.96. The predicted octanol–water partition coefficient (Wildman–Crippen LogP) is 1.70. The number of allylic oxidation sites excluding steroid dienone is 4.